The van der Waals surface area contributed by atoms with Crippen molar-refractivity contribution in [3.8, 4) is 11.4 Å². The highest BCUT2D eigenvalue weighted by Gasteiger charge is 2.29. The third-order valence-electron chi connectivity index (χ3n) is 5.28. The highest BCUT2D eigenvalue weighted by atomic mass is 32.2. The Balaban J connectivity index is 1.77. The second kappa shape index (κ2) is 9.91. The van der Waals surface area contributed by atoms with Crippen molar-refractivity contribution in [3.63, 3.8) is 0 Å². The number of hydrazone groups is 1. The highest BCUT2D eigenvalue weighted by molar-refractivity contribution is 7.92. The predicted molar refractivity (Wildman–Crippen MR) is 131 cm³/mol. The number of methoxy groups -OCH3 is 1. The summed E-state index contributed by atoms with van der Waals surface area (Å²) < 4.78 is 33.1. The van der Waals surface area contributed by atoms with Gasteiger partial charge in [-0.15, -0.1) is 0 Å². The van der Waals surface area contributed by atoms with Crippen LogP contribution in [0.15, 0.2) is 65.8 Å². The summed E-state index contributed by atoms with van der Waals surface area (Å²) in [7, 11) is -2.20. The number of rotatable bonds is 8. The average Bonchev–Trinajstić information content (AvgIpc) is 3.06. The number of nitrogens with one attached hydrogen (secondary N) is 1. The van der Waals surface area contributed by atoms with E-state index in [1.54, 1.807) is 30.5 Å². The number of carbonyl (C=O) groups excluding carboxylic acids is 1. The Morgan fingerprint density at radius 1 is 1.12 bits per heavy atom. The molecule has 174 valence electrons. The van der Waals surface area contributed by atoms with Crippen LogP contribution in [0.3, 0.4) is 0 Å². The lowest BCUT2D eigenvalue weighted by Gasteiger charge is -2.27. The van der Waals surface area contributed by atoms with Crippen molar-refractivity contribution < 1.29 is 17.9 Å². The van der Waals surface area contributed by atoms with Gasteiger partial charge >= 0.3 is 0 Å². The summed E-state index contributed by atoms with van der Waals surface area (Å²) in [6.07, 6.45) is 2.62. The third kappa shape index (κ3) is 5.43. The van der Waals surface area contributed by atoms with Crippen LogP contribution in [0.1, 0.15) is 23.9 Å². The van der Waals surface area contributed by atoms with Gasteiger partial charge in [0.05, 0.1) is 25.3 Å². The fraction of sp³-hybridized carbons (Fsp3) is 0.250. The maximum absolute atomic E-state index is 12.7. The molecular formula is C24H28N4O4S. The maximum Gasteiger partial charge on any atom is 0.263 e. The van der Waals surface area contributed by atoms with Crippen LogP contribution < -0.4 is 14.5 Å². The number of ether oxygens (including phenoxy) is 1. The first-order valence-electron chi connectivity index (χ1n) is 10.3. The lowest BCUT2D eigenvalue weighted by Crippen LogP contribution is -2.46. The van der Waals surface area contributed by atoms with Gasteiger partial charge in [-0.25, -0.2) is 13.8 Å². The van der Waals surface area contributed by atoms with Crippen LogP contribution in [0.2, 0.25) is 0 Å². The Bertz CT molecular complexity index is 1250. The molecule has 0 saturated carbocycles. The number of benzene rings is 2. The van der Waals surface area contributed by atoms with Crippen molar-refractivity contribution in [1.29, 1.82) is 0 Å². The van der Waals surface area contributed by atoms with Gasteiger partial charge in [-0.2, -0.15) is 5.10 Å². The number of anilines is 1. The maximum atomic E-state index is 12.7. The summed E-state index contributed by atoms with van der Waals surface area (Å²) >= 11 is 0. The molecule has 33 heavy (non-hydrogen) atoms. The van der Waals surface area contributed by atoms with E-state index in [2.05, 4.69) is 15.1 Å². The molecule has 1 N–H and O–H groups in total. The van der Waals surface area contributed by atoms with E-state index in [0.29, 0.717) is 11.4 Å². The SMILES string of the molecule is COc1ccc(N([C@H](C)C(=O)N/N=C\c2cc(C)n(-c3ccccc3)c2C)S(C)(=O)=O)cc1. The Morgan fingerprint density at radius 3 is 2.33 bits per heavy atom. The summed E-state index contributed by atoms with van der Waals surface area (Å²) in [4.78, 5) is 12.7. The molecule has 1 heterocycles. The van der Waals surface area contributed by atoms with Gasteiger partial charge in [-0.3, -0.25) is 9.10 Å². The zero-order valence-electron chi connectivity index (χ0n) is 19.3. The number of aromatic nitrogens is 1. The second-order valence-electron chi connectivity index (χ2n) is 7.66. The molecular weight excluding hydrogens is 440 g/mol. The second-order valence-corrected chi connectivity index (χ2v) is 9.52. The van der Waals surface area contributed by atoms with E-state index < -0.39 is 22.0 Å². The van der Waals surface area contributed by atoms with Gasteiger partial charge < -0.3 is 9.30 Å². The van der Waals surface area contributed by atoms with Crippen molar-refractivity contribution in [1.82, 2.24) is 9.99 Å². The number of carbonyl (C=O) groups is 1. The molecule has 3 aromatic rings. The summed E-state index contributed by atoms with van der Waals surface area (Å²) in [5.74, 6) is 0.0337. The summed E-state index contributed by atoms with van der Waals surface area (Å²) in [6, 6.07) is 17.4. The van der Waals surface area contributed by atoms with E-state index in [0.717, 1.165) is 33.2 Å². The molecule has 0 aliphatic rings. The standard InChI is InChI=1S/C24H28N4O4S/c1-17-15-20(18(2)27(17)21-9-7-6-8-10-21)16-25-26-24(29)19(3)28(33(5,30)31)22-11-13-23(32-4)14-12-22/h6-16,19H,1-5H3,(H,26,29)/b25-16-/t19-/m1/s1. The van der Waals surface area contributed by atoms with Gasteiger partial charge in [0.2, 0.25) is 10.0 Å². The van der Waals surface area contributed by atoms with Crippen LogP contribution in [0.4, 0.5) is 5.69 Å². The Hall–Kier alpha value is -3.59. The molecule has 0 unspecified atom stereocenters. The zero-order chi connectivity index (χ0) is 24.2. The molecule has 2 aromatic carbocycles. The number of nitrogens with zero attached hydrogens (tertiary/aromatic N) is 3. The zero-order valence-corrected chi connectivity index (χ0v) is 20.1. The van der Waals surface area contributed by atoms with Gasteiger partial charge in [0, 0.05) is 22.6 Å². The van der Waals surface area contributed by atoms with Crippen molar-refractivity contribution in [2.24, 2.45) is 5.10 Å². The van der Waals surface area contributed by atoms with Gasteiger partial charge in [0.25, 0.3) is 5.91 Å². The molecule has 0 bridgehead atoms. The first-order valence-corrected chi connectivity index (χ1v) is 12.2. The molecule has 1 aromatic heterocycles. The van der Waals surface area contributed by atoms with E-state index in [1.165, 1.54) is 14.0 Å². The largest absolute Gasteiger partial charge is 0.497 e. The van der Waals surface area contributed by atoms with Crippen LogP contribution >= 0.6 is 0 Å². The summed E-state index contributed by atoms with van der Waals surface area (Å²) in [5.41, 5.74) is 6.70. The van der Waals surface area contributed by atoms with E-state index in [1.807, 2.05) is 50.2 Å². The van der Waals surface area contributed by atoms with Crippen LogP contribution in [-0.2, 0) is 14.8 Å². The number of aryl methyl sites for hydroxylation is 1. The number of sulfonamides is 1. The smallest absolute Gasteiger partial charge is 0.263 e. The van der Waals surface area contributed by atoms with Gasteiger partial charge in [0.15, 0.2) is 0 Å². The Kier molecular flexibility index (Phi) is 7.23. The van der Waals surface area contributed by atoms with Crippen molar-refractivity contribution in [2.45, 2.75) is 26.8 Å². The molecule has 0 saturated heterocycles. The quantitative estimate of drug-likeness (QED) is 0.405. The van der Waals surface area contributed by atoms with Gasteiger partial charge in [-0.05, 0) is 63.2 Å². The number of hydrogen-bond donors (Lipinski definition) is 1. The average molecular weight is 469 g/mol. The fourth-order valence-corrected chi connectivity index (χ4v) is 4.86. The fourth-order valence-electron chi connectivity index (χ4n) is 3.69. The van der Waals surface area contributed by atoms with E-state index in [4.69, 9.17) is 4.74 Å². The minimum atomic E-state index is -3.72. The van der Waals surface area contributed by atoms with Crippen LogP contribution in [0.25, 0.3) is 5.69 Å². The monoisotopic (exact) mass is 468 g/mol. The minimum Gasteiger partial charge on any atom is -0.497 e. The van der Waals surface area contributed by atoms with Gasteiger partial charge in [-0.1, -0.05) is 18.2 Å². The summed E-state index contributed by atoms with van der Waals surface area (Å²) in [6.45, 7) is 5.48. The van der Waals surface area contributed by atoms with E-state index >= 15 is 0 Å². The Morgan fingerprint density at radius 2 is 1.76 bits per heavy atom. The molecule has 0 fully saturated rings. The first kappa shape index (κ1) is 24.1. The number of hydrogen-bond acceptors (Lipinski definition) is 5. The molecule has 1 amide bonds. The molecule has 0 radical (unpaired) electrons. The summed E-state index contributed by atoms with van der Waals surface area (Å²) in [5, 5.41) is 4.08. The van der Waals surface area contributed by atoms with Crippen LogP contribution in [0, 0.1) is 13.8 Å². The minimum absolute atomic E-state index is 0.358. The highest BCUT2D eigenvalue weighted by Crippen LogP contribution is 2.24. The Labute approximate surface area is 194 Å². The van der Waals surface area contributed by atoms with Crippen LogP contribution in [-0.4, -0.2) is 44.5 Å². The van der Waals surface area contributed by atoms with Crippen molar-refractivity contribution >= 4 is 27.8 Å². The predicted octanol–water partition coefficient (Wildman–Crippen LogP) is 3.41. The molecule has 8 nitrogen and oxygen atoms in total. The molecule has 0 spiro atoms. The van der Waals surface area contributed by atoms with Crippen molar-refractivity contribution in [2.75, 3.05) is 17.7 Å². The lowest BCUT2D eigenvalue weighted by molar-refractivity contribution is -0.121. The van der Waals surface area contributed by atoms with E-state index in [-0.39, 0.29) is 0 Å². The third-order valence-corrected chi connectivity index (χ3v) is 6.52. The molecule has 9 heteroatoms. The topological polar surface area (TPSA) is 93.0 Å². The number of para-hydroxylation sites is 1. The number of amides is 1. The van der Waals surface area contributed by atoms with Gasteiger partial charge in [0.1, 0.15) is 11.8 Å². The lowest BCUT2D eigenvalue weighted by atomic mass is 10.2. The van der Waals surface area contributed by atoms with E-state index in [9.17, 15) is 13.2 Å². The van der Waals surface area contributed by atoms with Crippen LogP contribution in [0.5, 0.6) is 5.75 Å². The molecule has 3 rings (SSSR count). The normalized spacial score (nSPS) is 12.5. The molecule has 0 aliphatic heterocycles. The first-order chi connectivity index (χ1) is 15.6. The molecule has 0 aliphatic carbocycles. The van der Waals surface area contributed by atoms with Crippen molar-refractivity contribution in [3.05, 3.63) is 77.6 Å². The molecule has 1 atom stereocenters.